The molecule has 1 N–H and O–H groups in total. The molecule has 3 aromatic carbocycles. The highest BCUT2D eigenvalue weighted by Gasteiger charge is 2.10. The minimum Gasteiger partial charge on any atom is -0.496 e. The third kappa shape index (κ3) is 7.73. The van der Waals surface area contributed by atoms with Crippen molar-refractivity contribution in [3.63, 3.8) is 0 Å². The quantitative estimate of drug-likeness (QED) is 0.193. The lowest BCUT2D eigenvalue weighted by molar-refractivity contribution is 0.0459. The molecule has 0 fully saturated rings. The van der Waals surface area contributed by atoms with Gasteiger partial charge in [-0.2, -0.15) is 5.10 Å². The van der Waals surface area contributed by atoms with Crippen LogP contribution >= 0.6 is 23.2 Å². The van der Waals surface area contributed by atoms with E-state index in [0.29, 0.717) is 34.3 Å². The van der Waals surface area contributed by atoms with Gasteiger partial charge in [0.2, 0.25) is 0 Å². The minimum atomic E-state index is -0.418. The van der Waals surface area contributed by atoms with Gasteiger partial charge in [0.25, 0.3) is 5.91 Å². The lowest BCUT2D eigenvalue weighted by atomic mass is 10.1. The zero-order chi connectivity index (χ0) is 26.1. The number of hydrazone groups is 1. The number of esters is 1. The van der Waals surface area contributed by atoms with Crippen molar-refractivity contribution in [2.45, 2.75) is 20.5 Å². The van der Waals surface area contributed by atoms with Crippen molar-refractivity contribution < 1.29 is 23.8 Å². The lowest BCUT2D eigenvalue weighted by Gasteiger charge is -2.12. The maximum Gasteiger partial charge on any atom is 0.338 e. The molecule has 0 saturated heterocycles. The fourth-order valence-electron chi connectivity index (χ4n) is 3.03. The average Bonchev–Trinajstić information content (AvgIpc) is 2.88. The second-order valence-electron chi connectivity index (χ2n) is 8.20. The SMILES string of the molecule is COc1ccc(C=NNC(=O)c2ccc(Cl)c(Cl)c2)cc1COc1ccc(C(=O)OCC(C)C)cc1. The van der Waals surface area contributed by atoms with Gasteiger partial charge in [-0.25, -0.2) is 10.2 Å². The summed E-state index contributed by atoms with van der Waals surface area (Å²) in [5, 5.41) is 4.66. The van der Waals surface area contributed by atoms with Crippen LogP contribution in [0.1, 0.15) is 45.7 Å². The molecule has 9 heteroatoms. The first-order valence-corrected chi connectivity index (χ1v) is 11.9. The summed E-state index contributed by atoms with van der Waals surface area (Å²) in [6.07, 6.45) is 1.51. The molecule has 0 aliphatic carbocycles. The first-order valence-electron chi connectivity index (χ1n) is 11.1. The van der Waals surface area contributed by atoms with Crippen LogP contribution in [0, 0.1) is 5.92 Å². The number of carbonyl (C=O) groups excluding carboxylic acids is 2. The molecule has 0 heterocycles. The van der Waals surface area contributed by atoms with Crippen molar-refractivity contribution >= 4 is 41.3 Å². The van der Waals surface area contributed by atoms with E-state index >= 15 is 0 Å². The van der Waals surface area contributed by atoms with E-state index in [2.05, 4.69) is 10.5 Å². The molecule has 0 saturated carbocycles. The Hall–Kier alpha value is -3.55. The van der Waals surface area contributed by atoms with E-state index in [0.717, 1.165) is 11.1 Å². The molecule has 0 aliphatic heterocycles. The summed E-state index contributed by atoms with van der Waals surface area (Å²) in [5.74, 6) is 0.714. The number of nitrogens with zero attached hydrogens (tertiary/aromatic N) is 1. The predicted molar refractivity (Wildman–Crippen MR) is 140 cm³/mol. The number of rotatable bonds is 10. The molecule has 0 aliphatic rings. The standard InChI is InChI=1S/C27H26Cl2N2O5/c1-17(2)15-36-27(33)19-5-8-22(9-6-19)35-16-21-12-18(4-11-25(21)34-3)14-30-31-26(32)20-7-10-23(28)24(29)13-20/h4-14,17H,15-16H2,1-3H3,(H,31,32). The first kappa shape index (κ1) is 27.0. The summed E-state index contributed by atoms with van der Waals surface area (Å²) in [5.41, 5.74) is 4.76. The Kier molecular flexibility index (Phi) is 9.73. The van der Waals surface area contributed by atoms with Crippen molar-refractivity contribution in [3.8, 4) is 11.5 Å². The molecule has 0 spiro atoms. The van der Waals surface area contributed by atoms with Gasteiger partial charge >= 0.3 is 5.97 Å². The highest BCUT2D eigenvalue weighted by molar-refractivity contribution is 6.42. The van der Waals surface area contributed by atoms with Crippen molar-refractivity contribution in [3.05, 3.63) is 93.0 Å². The largest absolute Gasteiger partial charge is 0.496 e. The third-order valence-electron chi connectivity index (χ3n) is 4.90. The highest BCUT2D eigenvalue weighted by Crippen LogP contribution is 2.23. The van der Waals surface area contributed by atoms with E-state index in [1.807, 2.05) is 19.9 Å². The second-order valence-corrected chi connectivity index (χ2v) is 9.02. The topological polar surface area (TPSA) is 86.2 Å². The monoisotopic (exact) mass is 528 g/mol. The van der Waals surface area contributed by atoms with Gasteiger partial charge < -0.3 is 14.2 Å². The van der Waals surface area contributed by atoms with Crippen molar-refractivity contribution in [2.75, 3.05) is 13.7 Å². The van der Waals surface area contributed by atoms with Gasteiger partial charge in [-0.1, -0.05) is 37.0 Å². The molecule has 188 valence electrons. The van der Waals surface area contributed by atoms with E-state index in [4.69, 9.17) is 37.4 Å². The normalized spacial score (nSPS) is 10.9. The van der Waals surface area contributed by atoms with E-state index in [1.54, 1.807) is 55.6 Å². The van der Waals surface area contributed by atoms with Gasteiger partial charge in [0.1, 0.15) is 18.1 Å². The smallest absolute Gasteiger partial charge is 0.338 e. The number of carbonyl (C=O) groups is 2. The highest BCUT2D eigenvalue weighted by atomic mass is 35.5. The number of benzene rings is 3. The van der Waals surface area contributed by atoms with Crippen LogP contribution in [0.25, 0.3) is 0 Å². The van der Waals surface area contributed by atoms with Gasteiger partial charge in [-0.15, -0.1) is 0 Å². The number of hydrogen-bond donors (Lipinski definition) is 1. The maximum absolute atomic E-state index is 12.3. The number of ether oxygens (including phenoxy) is 3. The third-order valence-corrected chi connectivity index (χ3v) is 5.64. The molecule has 0 bridgehead atoms. The first-order chi connectivity index (χ1) is 17.3. The molecule has 3 aromatic rings. The number of methoxy groups -OCH3 is 1. The summed E-state index contributed by atoms with van der Waals surface area (Å²) in [6.45, 7) is 4.55. The number of nitrogens with one attached hydrogen (secondary N) is 1. The van der Waals surface area contributed by atoms with E-state index in [1.165, 1.54) is 12.3 Å². The van der Waals surface area contributed by atoms with Crippen LogP contribution in [0.5, 0.6) is 11.5 Å². The minimum absolute atomic E-state index is 0.220. The maximum atomic E-state index is 12.3. The van der Waals surface area contributed by atoms with Gasteiger partial charge in [0.05, 0.1) is 35.5 Å². The molecule has 36 heavy (non-hydrogen) atoms. The van der Waals surface area contributed by atoms with Crippen LogP contribution in [0.2, 0.25) is 10.0 Å². The summed E-state index contributed by atoms with van der Waals surface area (Å²) in [6, 6.07) is 16.7. The number of amides is 1. The summed E-state index contributed by atoms with van der Waals surface area (Å²) < 4.78 is 16.5. The molecular weight excluding hydrogens is 503 g/mol. The van der Waals surface area contributed by atoms with Crippen LogP contribution in [-0.2, 0) is 11.3 Å². The molecule has 0 radical (unpaired) electrons. The molecule has 3 rings (SSSR count). The van der Waals surface area contributed by atoms with E-state index < -0.39 is 5.91 Å². The summed E-state index contributed by atoms with van der Waals surface area (Å²) in [4.78, 5) is 24.3. The van der Waals surface area contributed by atoms with Gasteiger partial charge in [-0.3, -0.25) is 4.79 Å². The Balaban J connectivity index is 1.61. The second kappa shape index (κ2) is 13.0. The number of hydrogen-bond acceptors (Lipinski definition) is 6. The van der Waals surface area contributed by atoms with Crippen LogP contribution < -0.4 is 14.9 Å². The molecular formula is C27H26Cl2N2O5. The van der Waals surface area contributed by atoms with E-state index in [-0.39, 0.29) is 23.5 Å². The summed E-state index contributed by atoms with van der Waals surface area (Å²) >= 11 is 11.8. The van der Waals surface area contributed by atoms with Crippen molar-refractivity contribution in [1.29, 1.82) is 0 Å². The molecule has 0 unspecified atom stereocenters. The Morgan fingerprint density at radius 2 is 1.69 bits per heavy atom. The molecule has 7 nitrogen and oxygen atoms in total. The van der Waals surface area contributed by atoms with Gasteiger partial charge in [-0.05, 0) is 72.1 Å². The molecule has 0 atom stereocenters. The lowest BCUT2D eigenvalue weighted by Crippen LogP contribution is -2.17. The fourth-order valence-corrected chi connectivity index (χ4v) is 3.33. The zero-order valence-electron chi connectivity index (χ0n) is 20.1. The zero-order valence-corrected chi connectivity index (χ0v) is 21.6. The van der Waals surface area contributed by atoms with Crippen molar-refractivity contribution in [1.82, 2.24) is 5.43 Å². The van der Waals surface area contributed by atoms with Crippen LogP contribution in [-0.4, -0.2) is 31.8 Å². The van der Waals surface area contributed by atoms with E-state index in [9.17, 15) is 9.59 Å². The van der Waals surface area contributed by atoms with Gasteiger partial charge in [0, 0.05) is 11.1 Å². The summed E-state index contributed by atoms with van der Waals surface area (Å²) in [7, 11) is 1.57. The van der Waals surface area contributed by atoms with Crippen LogP contribution in [0.15, 0.2) is 65.8 Å². The van der Waals surface area contributed by atoms with Gasteiger partial charge in [0.15, 0.2) is 0 Å². The Morgan fingerprint density at radius 3 is 2.36 bits per heavy atom. The van der Waals surface area contributed by atoms with Crippen molar-refractivity contribution in [2.24, 2.45) is 11.0 Å². The predicted octanol–water partition coefficient (Wildman–Crippen LogP) is 6.16. The fraction of sp³-hybridized carbons (Fsp3) is 0.222. The average molecular weight is 529 g/mol. The number of halogens is 2. The molecule has 0 aromatic heterocycles. The Morgan fingerprint density at radius 1 is 0.972 bits per heavy atom. The molecule has 1 amide bonds. The van der Waals surface area contributed by atoms with Crippen LogP contribution in [0.3, 0.4) is 0 Å². The Labute approximate surface area is 220 Å². The Bertz CT molecular complexity index is 1240. The van der Waals surface area contributed by atoms with Crippen LogP contribution in [0.4, 0.5) is 0 Å².